The molecule has 0 aromatic rings. The number of ether oxygens (including phenoxy) is 2. The Labute approximate surface area is 99.9 Å². The first kappa shape index (κ1) is 13.9. The van der Waals surface area contributed by atoms with Crippen LogP contribution in [0.25, 0.3) is 0 Å². The summed E-state index contributed by atoms with van der Waals surface area (Å²) >= 11 is 0. The zero-order valence-electron chi connectivity index (χ0n) is 10.8. The highest BCUT2D eigenvalue weighted by atomic mass is 16.5. The van der Waals surface area contributed by atoms with Crippen LogP contribution in [0.2, 0.25) is 0 Å². The standard InChI is InChI=1S/C13H27NO2/c1-3-16-11-5-4-10-14-12-6-8-13(15-2)9-7-12/h12-14H,3-11H2,1-2H3. The molecule has 1 fully saturated rings. The highest BCUT2D eigenvalue weighted by molar-refractivity contribution is 4.77. The van der Waals surface area contributed by atoms with Crippen LogP contribution in [-0.4, -0.2) is 39.0 Å². The molecule has 0 radical (unpaired) electrons. The predicted molar refractivity (Wildman–Crippen MR) is 66.8 cm³/mol. The summed E-state index contributed by atoms with van der Waals surface area (Å²) in [5.74, 6) is 0. The summed E-state index contributed by atoms with van der Waals surface area (Å²) < 4.78 is 10.7. The Balaban J connectivity index is 1.90. The molecule has 0 heterocycles. The highest BCUT2D eigenvalue weighted by Crippen LogP contribution is 2.20. The summed E-state index contributed by atoms with van der Waals surface area (Å²) in [6.07, 6.45) is 7.88. The van der Waals surface area contributed by atoms with Crippen molar-refractivity contribution in [2.45, 2.75) is 57.6 Å². The Kier molecular flexibility index (Phi) is 7.81. The molecule has 0 aromatic heterocycles. The summed E-state index contributed by atoms with van der Waals surface area (Å²) in [4.78, 5) is 0. The molecule has 16 heavy (non-hydrogen) atoms. The van der Waals surface area contributed by atoms with Crippen LogP contribution < -0.4 is 5.32 Å². The first-order valence-corrected chi connectivity index (χ1v) is 6.70. The van der Waals surface area contributed by atoms with Crippen molar-refractivity contribution < 1.29 is 9.47 Å². The van der Waals surface area contributed by atoms with Crippen molar-refractivity contribution in [3.63, 3.8) is 0 Å². The second-order valence-electron chi connectivity index (χ2n) is 4.57. The van der Waals surface area contributed by atoms with Crippen LogP contribution in [0.15, 0.2) is 0 Å². The zero-order valence-corrected chi connectivity index (χ0v) is 10.8. The molecular formula is C13H27NO2. The van der Waals surface area contributed by atoms with Gasteiger partial charge in [-0.3, -0.25) is 0 Å². The van der Waals surface area contributed by atoms with Crippen LogP contribution >= 0.6 is 0 Å². The van der Waals surface area contributed by atoms with Gasteiger partial charge in [-0.1, -0.05) is 0 Å². The van der Waals surface area contributed by atoms with Crippen molar-refractivity contribution in [2.75, 3.05) is 26.9 Å². The molecule has 1 aliphatic rings. The Bertz CT molecular complexity index is 156. The Morgan fingerprint density at radius 2 is 1.88 bits per heavy atom. The number of hydrogen-bond donors (Lipinski definition) is 1. The molecule has 0 aliphatic heterocycles. The summed E-state index contributed by atoms with van der Waals surface area (Å²) in [6.45, 7) is 4.94. The van der Waals surface area contributed by atoms with Crippen LogP contribution in [-0.2, 0) is 9.47 Å². The van der Waals surface area contributed by atoms with E-state index < -0.39 is 0 Å². The first-order chi connectivity index (χ1) is 7.86. The van der Waals surface area contributed by atoms with Crippen LogP contribution in [0, 0.1) is 0 Å². The fraction of sp³-hybridized carbons (Fsp3) is 1.00. The van der Waals surface area contributed by atoms with Crippen molar-refractivity contribution in [2.24, 2.45) is 0 Å². The fourth-order valence-corrected chi connectivity index (χ4v) is 2.28. The SMILES string of the molecule is CCOCCCCNC1CCC(OC)CC1. The maximum Gasteiger partial charge on any atom is 0.0572 e. The normalized spacial score (nSPS) is 25.9. The lowest BCUT2D eigenvalue weighted by Gasteiger charge is -2.28. The molecule has 0 atom stereocenters. The number of nitrogens with one attached hydrogen (secondary N) is 1. The molecule has 1 aliphatic carbocycles. The fourth-order valence-electron chi connectivity index (χ4n) is 2.28. The molecule has 0 unspecified atom stereocenters. The van der Waals surface area contributed by atoms with Gasteiger partial charge in [-0.25, -0.2) is 0 Å². The molecule has 1 saturated carbocycles. The van der Waals surface area contributed by atoms with Crippen LogP contribution in [0.1, 0.15) is 45.4 Å². The third-order valence-corrected chi connectivity index (χ3v) is 3.36. The van der Waals surface area contributed by atoms with Gasteiger partial charge in [-0.15, -0.1) is 0 Å². The highest BCUT2D eigenvalue weighted by Gasteiger charge is 2.19. The minimum absolute atomic E-state index is 0.510. The van der Waals surface area contributed by atoms with Crippen molar-refractivity contribution in [1.29, 1.82) is 0 Å². The number of hydrogen-bond acceptors (Lipinski definition) is 3. The third-order valence-electron chi connectivity index (χ3n) is 3.36. The van der Waals surface area contributed by atoms with Crippen molar-refractivity contribution in [3.8, 4) is 0 Å². The van der Waals surface area contributed by atoms with Gasteiger partial charge in [0.25, 0.3) is 0 Å². The lowest BCUT2D eigenvalue weighted by Crippen LogP contribution is -2.35. The molecular weight excluding hydrogens is 202 g/mol. The Morgan fingerprint density at radius 3 is 2.50 bits per heavy atom. The molecule has 0 bridgehead atoms. The maximum absolute atomic E-state index is 5.37. The molecule has 0 saturated heterocycles. The van der Waals surface area contributed by atoms with Crippen molar-refractivity contribution in [3.05, 3.63) is 0 Å². The minimum atomic E-state index is 0.510. The summed E-state index contributed by atoms with van der Waals surface area (Å²) in [5.41, 5.74) is 0. The van der Waals surface area contributed by atoms with E-state index >= 15 is 0 Å². The average Bonchev–Trinajstić information content (AvgIpc) is 2.34. The van der Waals surface area contributed by atoms with Crippen molar-refractivity contribution in [1.82, 2.24) is 5.32 Å². The average molecular weight is 229 g/mol. The van der Waals surface area contributed by atoms with Gasteiger partial charge >= 0.3 is 0 Å². The molecule has 96 valence electrons. The molecule has 1 rings (SSSR count). The molecule has 0 amide bonds. The lowest BCUT2D eigenvalue weighted by atomic mass is 9.93. The van der Waals surface area contributed by atoms with Crippen LogP contribution in [0.3, 0.4) is 0 Å². The Morgan fingerprint density at radius 1 is 1.12 bits per heavy atom. The number of rotatable bonds is 8. The smallest absolute Gasteiger partial charge is 0.0572 e. The van der Waals surface area contributed by atoms with E-state index in [0.717, 1.165) is 25.8 Å². The molecule has 0 spiro atoms. The van der Waals surface area contributed by atoms with Gasteiger partial charge in [-0.2, -0.15) is 0 Å². The molecule has 1 N–H and O–H groups in total. The van der Waals surface area contributed by atoms with Gasteiger partial charge in [-0.05, 0) is 52.0 Å². The van der Waals surface area contributed by atoms with Gasteiger partial charge in [0.1, 0.15) is 0 Å². The summed E-state index contributed by atoms with van der Waals surface area (Å²) in [6, 6.07) is 0.721. The second kappa shape index (κ2) is 8.97. The molecule has 3 nitrogen and oxygen atoms in total. The zero-order chi connectivity index (χ0) is 11.6. The first-order valence-electron chi connectivity index (χ1n) is 6.70. The van der Waals surface area contributed by atoms with E-state index in [9.17, 15) is 0 Å². The topological polar surface area (TPSA) is 30.5 Å². The minimum Gasteiger partial charge on any atom is -0.382 e. The maximum atomic E-state index is 5.37. The second-order valence-corrected chi connectivity index (χ2v) is 4.57. The molecule has 0 aromatic carbocycles. The number of methoxy groups -OCH3 is 1. The third kappa shape index (κ3) is 5.83. The van der Waals surface area contributed by atoms with Gasteiger partial charge in [0.15, 0.2) is 0 Å². The van der Waals surface area contributed by atoms with E-state index in [-0.39, 0.29) is 0 Å². The Hall–Kier alpha value is -0.120. The van der Waals surface area contributed by atoms with Crippen LogP contribution in [0.5, 0.6) is 0 Å². The summed E-state index contributed by atoms with van der Waals surface area (Å²) in [5, 5.41) is 3.63. The number of unbranched alkanes of at least 4 members (excludes halogenated alkanes) is 1. The van der Waals surface area contributed by atoms with Gasteiger partial charge in [0.05, 0.1) is 6.10 Å². The quantitative estimate of drug-likeness (QED) is 0.648. The van der Waals surface area contributed by atoms with Gasteiger partial charge in [0.2, 0.25) is 0 Å². The van der Waals surface area contributed by atoms with Crippen LogP contribution in [0.4, 0.5) is 0 Å². The van der Waals surface area contributed by atoms with Gasteiger partial charge < -0.3 is 14.8 Å². The van der Waals surface area contributed by atoms with E-state index in [0.29, 0.717) is 6.10 Å². The predicted octanol–water partition coefficient (Wildman–Crippen LogP) is 2.35. The van der Waals surface area contributed by atoms with E-state index in [1.165, 1.54) is 38.5 Å². The van der Waals surface area contributed by atoms with E-state index in [1.54, 1.807) is 0 Å². The monoisotopic (exact) mass is 229 g/mol. The van der Waals surface area contributed by atoms with E-state index in [4.69, 9.17) is 9.47 Å². The van der Waals surface area contributed by atoms with E-state index in [1.807, 2.05) is 14.0 Å². The largest absolute Gasteiger partial charge is 0.382 e. The lowest BCUT2D eigenvalue weighted by molar-refractivity contribution is 0.0624. The van der Waals surface area contributed by atoms with Crippen molar-refractivity contribution >= 4 is 0 Å². The van der Waals surface area contributed by atoms with Gasteiger partial charge in [0, 0.05) is 26.4 Å². The molecule has 3 heteroatoms. The van der Waals surface area contributed by atoms with E-state index in [2.05, 4.69) is 5.32 Å². The summed E-state index contributed by atoms with van der Waals surface area (Å²) in [7, 11) is 1.83.